The van der Waals surface area contributed by atoms with Crippen molar-refractivity contribution in [3.63, 3.8) is 0 Å². The minimum Gasteiger partial charge on any atom is -0.357 e. The summed E-state index contributed by atoms with van der Waals surface area (Å²) in [6.45, 7) is 9.15. The topological polar surface area (TPSA) is 55.8 Å². The number of thiazole rings is 1. The summed E-state index contributed by atoms with van der Waals surface area (Å²) < 4.78 is 0. The number of likely N-dealkylation sites (tertiary alicyclic amines) is 1. The summed E-state index contributed by atoms with van der Waals surface area (Å²) in [4.78, 5) is 13.9. The smallest absolute Gasteiger partial charge is 0.191 e. The fourth-order valence-electron chi connectivity index (χ4n) is 3.00. The number of aliphatic imine (C=N–C) groups is 1. The van der Waals surface area contributed by atoms with Crippen molar-refractivity contribution in [2.75, 3.05) is 45.2 Å². The van der Waals surface area contributed by atoms with Crippen molar-refractivity contribution < 1.29 is 0 Å². The van der Waals surface area contributed by atoms with Crippen molar-refractivity contribution in [1.82, 2.24) is 20.5 Å². The summed E-state index contributed by atoms with van der Waals surface area (Å²) >= 11 is 1.66. The molecule has 0 aliphatic carbocycles. The molecular formula is C17H32N6S. The van der Waals surface area contributed by atoms with E-state index in [1.807, 2.05) is 19.0 Å². The molecule has 1 aliphatic heterocycles. The highest BCUT2D eigenvalue weighted by molar-refractivity contribution is 7.13. The number of nitrogens with zero attached hydrogens (tertiary/aromatic N) is 4. The van der Waals surface area contributed by atoms with Gasteiger partial charge in [0.25, 0.3) is 0 Å². The summed E-state index contributed by atoms with van der Waals surface area (Å²) in [5.74, 6) is 0.888. The SMILES string of the molecule is CCNC(=NCc1csc(N(C)C)n1)NCC1CCCCN1CC. The van der Waals surface area contributed by atoms with E-state index in [-0.39, 0.29) is 0 Å². The van der Waals surface area contributed by atoms with E-state index < -0.39 is 0 Å². The van der Waals surface area contributed by atoms with E-state index >= 15 is 0 Å². The molecular weight excluding hydrogens is 320 g/mol. The maximum absolute atomic E-state index is 4.69. The zero-order chi connectivity index (χ0) is 17.4. The van der Waals surface area contributed by atoms with Crippen LogP contribution in [0.4, 0.5) is 5.13 Å². The lowest BCUT2D eigenvalue weighted by molar-refractivity contribution is 0.157. The fraction of sp³-hybridized carbons (Fsp3) is 0.765. The average Bonchev–Trinajstić information content (AvgIpc) is 3.07. The minimum absolute atomic E-state index is 0.613. The van der Waals surface area contributed by atoms with E-state index in [4.69, 9.17) is 4.99 Å². The van der Waals surface area contributed by atoms with Crippen LogP contribution in [0.1, 0.15) is 38.8 Å². The molecule has 6 nitrogen and oxygen atoms in total. The molecule has 1 saturated heterocycles. The first-order chi connectivity index (χ1) is 11.6. The molecule has 0 amide bonds. The average molecular weight is 353 g/mol. The zero-order valence-corrected chi connectivity index (χ0v) is 16.3. The van der Waals surface area contributed by atoms with Crippen molar-refractivity contribution in [3.05, 3.63) is 11.1 Å². The first-order valence-electron chi connectivity index (χ1n) is 9.02. The number of guanidine groups is 1. The van der Waals surface area contributed by atoms with E-state index in [2.05, 4.69) is 39.7 Å². The Morgan fingerprint density at radius 3 is 2.88 bits per heavy atom. The van der Waals surface area contributed by atoms with Gasteiger partial charge < -0.3 is 15.5 Å². The Kier molecular flexibility index (Phi) is 7.78. The fourth-order valence-corrected chi connectivity index (χ4v) is 3.75. The highest BCUT2D eigenvalue weighted by atomic mass is 32.1. The largest absolute Gasteiger partial charge is 0.357 e. The van der Waals surface area contributed by atoms with E-state index in [0.29, 0.717) is 12.6 Å². The summed E-state index contributed by atoms with van der Waals surface area (Å²) in [5.41, 5.74) is 1.02. The molecule has 1 aromatic heterocycles. The molecule has 1 atom stereocenters. The van der Waals surface area contributed by atoms with Crippen LogP contribution in [0.2, 0.25) is 0 Å². The normalized spacial score (nSPS) is 19.3. The Balaban J connectivity index is 1.89. The van der Waals surface area contributed by atoms with E-state index in [1.54, 1.807) is 11.3 Å². The molecule has 1 aromatic rings. The van der Waals surface area contributed by atoms with Crippen LogP contribution in [-0.2, 0) is 6.54 Å². The number of aromatic nitrogens is 1. The molecule has 0 saturated carbocycles. The predicted octanol–water partition coefficient (Wildman–Crippen LogP) is 2.14. The molecule has 24 heavy (non-hydrogen) atoms. The van der Waals surface area contributed by atoms with Crippen molar-refractivity contribution in [3.8, 4) is 0 Å². The number of hydrogen-bond acceptors (Lipinski definition) is 5. The first-order valence-corrected chi connectivity index (χ1v) is 9.90. The van der Waals surface area contributed by atoms with Gasteiger partial charge in [-0.15, -0.1) is 11.3 Å². The van der Waals surface area contributed by atoms with Gasteiger partial charge in [0.15, 0.2) is 11.1 Å². The Morgan fingerprint density at radius 2 is 2.21 bits per heavy atom. The maximum atomic E-state index is 4.69. The maximum Gasteiger partial charge on any atom is 0.191 e. The van der Waals surface area contributed by atoms with E-state index in [9.17, 15) is 0 Å². The Bertz CT molecular complexity index is 513. The third-order valence-corrected chi connectivity index (χ3v) is 5.38. The Hall–Kier alpha value is -1.34. The van der Waals surface area contributed by atoms with Crippen LogP contribution in [-0.4, -0.2) is 62.2 Å². The molecule has 1 unspecified atom stereocenters. The Morgan fingerprint density at radius 1 is 1.38 bits per heavy atom. The van der Waals surface area contributed by atoms with Gasteiger partial charge in [-0.3, -0.25) is 4.90 Å². The van der Waals surface area contributed by atoms with Crippen molar-refractivity contribution >= 4 is 22.4 Å². The quantitative estimate of drug-likeness (QED) is 0.582. The van der Waals surface area contributed by atoms with Gasteiger partial charge >= 0.3 is 0 Å². The molecule has 2 N–H and O–H groups in total. The predicted molar refractivity (Wildman–Crippen MR) is 104 cm³/mol. The second kappa shape index (κ2) is 9.84. The van der Waals surface area contributed by atoms with Gasteiger partial charge in [-0.1, -0.05) is 13.3 Å². The molecule has 1 aliphatic rings. The van der Waals surface area contributed by atoms with Gasteiger partial charge in [-0.2, -0.15) is 0 Å². The molecule has 0 spiro atoms. The van der Waals surface area contributed by atoms with Gasteiger partial charge in [-0.25, -0.2) is 9.98 Å². The molecule has 136 valence electrons. The minimum atomic E-state index is 0.613. The summed E-state index contributed by atoms with van der Waals surface area (Å²) in [6.07, 6.45) is 3.94. The highest BCUT2D eigenvalue weighted by Crippen LogP contribution is 2.18. The van der Waals surface area contributed by atoms with Crippen LogP contribution in [0.3, 0.4) is 0 Å². The van der Waals surface area contributed by atoms with Crippen molar-refractivity contribution in [2.45, 2.75) is 45.7 Å². The van der Waals surface area contributed by atoms with Crippen LogP contribution >= 0.6 is 11.3 Å². The van der Waals surface area contributed by atoms with Crippen LogP contribution < -0.4 is 15.5 Å². The number of hydrogen-bond donors (Lipinski definition) is 2. The summed E-state index contributed by atoms with van der Waals surface area (Å²) in [6, 6.07) is 0.618. The van der Waals surface area contributed by atoms with Gasteiger partial charge in [0.1, 0.15) is 0 Å². The Labute approximate surface area is 150 Å². The highest BCUT2D eigenvalue weighted by Gasteiger charge is 2.20. The monoisotopic (exact) mass is 352 g/mol. The second-order valence-electron chi connectivity index (χ2n) is 6.37. The third-order valence-electron chi connectivity index (χ3n) is 4.33. The zero-order valence-electron chi connectivity index (χ0n) is 15.5. The van der Waals surface area contributed by atoms with Crippen LogP contribution in [0.25, 0.3) is 0 Å². The van der Waals surface area contributed by atoms with Crippen molar-refractivity contribution in [1.29, 1.82) is 0 Å². The number of nitrogens with one attached hydrogen (secondary N) is 2. The van der Waals surface area contributed by atoms with E-state index in [0.717, 1.165) is 36.4 Å². The lowest BCUT2D eigenvalue weighted by atomic mass is 10.0. The first kappa shape index (κ1) is 19.0. The standard InChI is InChI=1S/C17H32N6S/c1-5-18-16(19-11-14-13-24-17(21-14)22(3)4)20-12-15-9-7-8-10-23(15)6-2/h13,15H,5-12H2,1-4H3,(H2,18,19,20). The lowest BCUT2D eigenvalue weighted by Crippen LogP contribution is -2.49. The van der Waals surface area contributed by atoms with Crippen LogP contribution in [0.15, 0.2) is 10.4 Å². The van der Waals surface area contributed by atoms with Crippen LogP contribution in [0, 0.1) is 0 Å². The molecule has 1 fully saturated rings. The molecule has 0 radical (unpaired) electrons. The summed E-state index contributed by atoms with van der Waals surface area (Å²) in [5, 5.41) is 9.97. The number of piperidine rings is 1. The number of rotatable bonds is 7. The van der Waals surface area contributed by atoms with Gasteiger partial charge in [0.2, 0.25) is 0 Å². The van der Waals surface area contributed by atoms with Crippen molar-refractivity contribution in [2.24, 2.45) is 4.99 Å². The van der Waals surface area contributed by atoms with Gasteiger partial charge in [-0.05, 0) is 32.9 Å². The number of anilines is 1. The van der Waals surface area contributed by atoms with Gasteiger partial charge in [0.05, 0.1) is 12.2 Å². The third kappa shape index (κ3) is 5.63. The molecule has 0 bridgehead atoms. The molecule has 7 heteroatoms. The summed E-state index contributed by atoms with van der Waals surface area (Å²) in [7, 11) is 4.03. The lowest BCUT2D eigenvalue weighted by Gasteiger charge is -2.35. The van der Waals surface area contributed by atoms with Crippen LogP contribution in [0.5, 0.6) is 0 Å². The second-order valence-corrected chi connectivity index (χ2v) is 7.21. The van der Waals surface area contributed by atoms with Gasteiger partial charge in [0, 0.05) is 38.6 Å². The number of likely N-dealkylation sites (N-methyl/N-ethyl adjacent to an activating group) is 1. The molecule has 2 rings (SSSR count). The molecule has 0 aromatic carbocycles. The van der Waals surface area contributed by atoms with E-state index in [1.165, 1.54) is 25.8 Å². The molecule has 2 heterocycles.